The van der Waals surface area contributed by atoms with Crippen molar-refractivity contribution in [2.45, 2.75) is 20.0 Å². The van der Waals surface area contributed by atoms with Crippen LogP contribution in [0.4, 0.5) is 0 Å². The highest BCUT2D eigenvalue weighted by atomic mass is 35.5. The molecular formula is C9H12ClNO3S. The van der Waals surface area contributed by atoms with Crippen molar-refractivity contribution in [3.63, 3.8) is 0 Å². The summed E-state index contributed by atoms with van der Waals surface area (Å²) >= 11 is 7.17. The Labute approximate surface area is 96.8 Å². The summed E-state index contributed by atoms with van der Waals surface area (Å²) in [4.78, 5) is 17.2. The van der Waals surface area contributed by atoms with Gasteiger partial charge in [-0.1, -0.05) is 11.6 Å². The van der Waals surface area contributed by atoms with Crippen molar-refractivity contribution in [2.75, 3.05) is 6.61 Å². The number of amides is 1. The summed E-state index contributed by atoms with van der Waals surface area (Å²) in [5.74, 6) is -0.398. The molecule has 0 radical (unpaired) electrons. The molecule has 0 fully saturated rings. The Kier molecular flexibility index (Phi) is 4.53. The van der Waals surface area contributed by atoms with Crippen LogP contribution in [0.2, 0.25) is 4.34 Å². The second-order valence-electron chi connectivity index (χ2n) is 3.14. The van der Waals surface area contributed by atoms with Crippen LogP contribution in [-0.4, -0.2) is 23.7 Å². The number of aryl methyl sites for hydroxylation is 1. The number of aliphatic hydroxyl groups is 1. The number of nitrogens with one attached hydrogen (secondary N) is 1. The number of hydrogen-bond acceptors (Lipinski definition) is 4. The molecule has 6 heteroatoms. The molecule has 0 aliphatic carbocycles. The smallest absolute Gasteiger partial charge is 0.277 e. The molecule has 0 saturated carbocycles. The number of hydroxylamine groups is 1. The van der Waals surface area contributed by atoms with Gasteiger partial charge in [-0.25, -0.2) is 5.48 Å². The van der Waals surface area contributed by atoms with E-state index in [9.17, 15) is 4.79 Å². The molecule has 0 saturated heterocycles. The van der Waals surface area contributed by atoms with Crippen molar-refractivity contribution < 1.29 is 14.7 Å². The lowest BCUT2D eigenvalue weighted by molar-refractivity contribution is -0.00684. The van der Waals surface area contributed by atoms with Crippen LogP contribution in [0, 0.1) is 6.92 Å². The molecule has 1 aromatic heterocycles. The van der Waals surface area contributed by atoms with Crippen LogP contribution >= 0.6 is 22.9 Å². The zero-order valence-electron chi connectivity index (χ0n) is 8.41. The van der Waals surface area contributed by atoms with E-state index in [1.165, 1.54) is 11.3 Å². The van der Waals surface area contributed by atoms with E-state index in [4.69, 9.17) is 21.5 Å². The summed E-state index contributed by atoms with van der Waals surface area (Å²) in [6, 6.07) is 1.69. The summed E-state index contributed by atoms with van der Waals surface area (Å²) in [5.41, 5.74) is 2.60. The third-order valence-electron chi connectivity index (χ3n) is 1.54. The number of rotatable bonds is 4. The van der Waals surface area contributed by atoms with Crippen LogP contribution in [0.1, 0.15) is 22.2 Å². The van der Waals surface area contributed by atoms with Crippen LogP contribution in [0.15, 0.2) is 6.07 Å². The lowest BCUT2D eigenvalue weighted by Crippen LogP contribution is -2.27. The fraction of sp³-hybridized carbons (Fsp3) is 0.444. The quantitative estimate of drug-likeness (QED) is 0.800. The number of aliphatic hydroxyl groups excluding tert-OH is 1. The average molecular weight is 250 g/mol. The minimum absolute atomic E-state index is 0.0481. The first-order chi connectivity index (χ1) is 7.00. The molecule has 1 aromatic rings. The van der Waals surface area contributed by atoms with Crippen LogP contribution in [0.25, 0.3) is 0 Å². The molecule has 15 heavy (non-hydrogen) atoms. The minimum Gasteiger partial charge on any atom is -0.391 e. The topological polar surface area (TPSA) is 58.6 Å². The first kappa shape index (κ1) is 12.4. The number of thiophene rings is 1. The minimum atomic E-state index is -0.620. The largest absolute Gasteiger partial charge is 0.391 e. The summed E-state index contributed by atoms with van der Waals surface area (Å²) in [6.45, 7) is 3.48. The fourth-order valence-corrected chi connectivity index (χ4v) is 2.15. The molecule has 84 valence electrons. The molecule has 1 atom stereocenters. The van der Waals surface area contributed by atoms with Gasteiger partial charge in [-0.15, -0.1) is 11.3 Å². The first-order valence-corrected chi connectivity index (χ1v) is 5.56. The predicted molar refractivity (Wildman–Crippen MR) is 59.2 cm³/mol. The van der Waals surface area contributed by atoms with Crippen LogP contribution in [-0.2, 0) is 4.84 Å². The van der Waals surface area contributed by atoms with E-state index in [-0.39, 0.29) is 6.61 Å². The van der Waals surface area contributed by atoms with Crippen molar-refractivity contribution in [2.24, 2.45) is 0 Å². The highest BCUT2D eigenvalue weighted by molar-refractivity contribution is 7.16. The number of halogens is 1. The molecule has 1 amide bonds. The van der Waals surface area contributed by atoms with Crippen molar-refractivity contribution in [3.05, 3.63) is 20.8 Å². The van der Waals surface area contributed by atoms with Gasteiger partial charge in [0.05, 0.1) is 11.7 Å². The molecule has 1 unspecified atom stereocenters. The molecule has 0 aliphatic rings. The standard InChI is InChI=1S/C9H12ClNO3S/c1-5(12)4-14-11-9(13)7-3-6(2)15-8(7)10/h3,5,12H,4H2,1-2H3,(H,11,13). The molecular weight excluding hydrogens is 238 g/mol. The molecule has 1 heterocycles. The van der Waals surface area contributed by atoms with Gasteiger partial charge in [-0.05, 0) is 19.9 Å². The third kappa shape index (κ3) is 3.79. The van der Waals surface area contributed by atoms with Gasteiger partial charge in [-0.3, -0.25) is 9.63 Å². The Hall–Kier alpha value is -0.620. The Morgan fingerprint density at radius 3 is 2.93 bits per heavy atom. The van der Waals surface area contributed by atoms with E-state index < -0.39 is 12.0 Å². The number of carbonyl (C=O) groups is 1. The molecule has 0 aromatic carbocycles. The van der Waals surface area contributed by atoms with Crippen molar-refractivity contribution in [1.29, 1.82) is 0 Å². The van der Waals surface area contributed by atoms with E-state index in [2.05, 4.69) is 5.48 Å². The highest BCUT2D eigenvalue weighted by Gasteiger charge is 2.13. The maximum absolute atomic E-state index is 11.5. The first-order valence-electron chi connectivity index (χ1n) is 4.37. The monoisotopic (exact) mass is 249 g/mol. The van der Waals surface area contributed by atoms with E-state index in [0.717, 1.165) is 4.88 Å². The Bertz CT molecular complexity index is 351. The molecule has 2 N–H and O–H groups in total. The van der Waals surface area contributed by atoms with Crippen LogP contribution in [0.3, 0.4) is 0 Å². The van der Waals surface area contributed by atoms with Crippen LogP contribution < -0.4 is 5.48 Å². The fourth-order valence-electron chi connectivity index (χ4n) is 0.923. The van der Waals surface area contributed by atoms with Gasteiger partial charge in [0.2, 0.25) is 0 Å². The SMILES string of the molecule is Cc1cc(C(=O)NOCC(C)O)c(Cl)s1. The predicted octanol–water partition coefficient (Wildman–Crippen LogP) is 1.75. The Morgan fingerprint density at radius 1 is 1.80 bits per heavy atom. The molecule has 1 rings (SSSR count). The van der Waals surface area contributed by atoms with Gasteiger partial charge in [0.25, 0.3) is 5.91 Å². The maximum atomic E-state index is 11.5. The average Bonchev–Trinajstić information content (AvgIpc) is 2.44. The number of carbonyl (C=O) groups excluding carboxylic acids is 1. The lowest BCUT2D eigenvalue weighted by atomic mass is 10.3. The second kappa shape index (κ2) is 5.46. The summed E-state index contributed by atoms with van der Waals surface area (Å²) in [7, 11) is 0. The Morgan fingerprint density at radius 2 is 2.47 bits per heavy atom. The molecule has 0 spiro atoms. The van der Waals surface area contributed by atoms with Gasteiger partial charge in [0.1, 0.15) is 10.9 Å². The van der Waals surface area contributed by atoms with Gasteiger partial charge in [-0.2, -0.15) is 0 Å². The van der Waals surface area contributed by atoms with Gasteiger partial charge in [0, 0.05) is 4.88 Å². The molecule has 4 nitrogen and oxygen atoms in total. The highest BCUT2D eigenvalue weighted by Crippen LogP contribution is 2.26. The van der Waals surface area contributed by atoms with E-state index >= 15 is 0 Å². The second-order valence-corrected chi connectivity index (χ2v) is 4.99. The number of hydrogen-bond donors (Lipinski definition) is 2. The van der Waals surface area contributed by atoms with Gasteiger partial charge < -0.3 is 5.11 Å². The third-order valence-corrected chi connectivity index (χ3v) is 2.82. The summed E-state index contributed by atoms with van der Waals surface area (Å²) in [6.07, 6.45) is -0.620. The Balaban J connectivity index is 2.50. The van der Waals surface area contributed by atoms with Gasteiger partial charge >= 0.3 is 0 Å². The zero-order valence-corrected chi connectivity index (χ0v) is 9.98. The normalized spacial score (nSPS) is 12.5. The van der Waals surface area contributed by atoms with E-state index in [1.807, 2.05) is 6.92 Å². The van der Waals surface area contributed by atoms with Crippen molar-refractivity contribution in [3.8, 4) is 0 Å². The molecule has 0 aliphatic heterocycles. The maximum Gasteiger partial charge on any atom is 0.277 e. The van der Waals surface area contributed by atoms with E-state index in [0.29, 0.717) is 9.90 Å². The van der Waals surface area contributed by atoms with E-state index in [1.54, 1.807) is 13.0 Å². The summed E-state index contributed by atoms with van der Waals surface area (Å²) in [5, 5.41) is 8.89. The van der Waals surface area contributed by atoms with Crippen molar-refractivity contribution in [1.82, 2.24) is 5.48 Å². The van der Waals surface area contributed by atoms with Crippen LogP contribution in [0.5, 0.6) is 0 Å². The lowest BCUT2D eigenvalue weighted by Gasteiger charge is -2.06. The van der Waals surface area contributed by atoms with Gasteiger partial charge in [0.15, 0.2) is 0 Å². The molecule has 0 bridgehead atoms. The summed E-state index contributed by atoms with van der Waals surface area (Å²) < 4.78 is 0.436. The van der Waals surface area contributed by atoms with Crippen molar-refractivity contribution >= 4 is 28.8 Å². The zero-order chi connectivity index (χ0) is 11.4.